The van der Waals surface area contributed by atoms with E-state index in [1.165, 1.54) is 0 Å². The van der Waals surface area contributed by atoms with E-state index in [1.807, 2.05) is 29.2 Å². The molecule has 0 bridgehead atoms. The monoisotopic (exact) mass is 325 g/mol. The van der Waals surface area contributed by atoms with Gasteiger partial charge in [-0.3, -0.25) is 14.6 Å². The van der Waals surface area contributed by atoms with Crippen molar-refractivity contribution in [3.63, 3.8) is 0 Å². The molecule has 1 fully saturated rings. The summed E-state index contributed by atoms with van der Waals surface area (Å²) in [5.41, 5.74) is 2.32. The van der Waals surface area contributed by atoms with Gasteiger partial charge >= 0.3 is 0 Å². The highest BCUT2D eigenvalue weighted by Crippen LogP contribution is 2.16. The van der Waals surface area contributed by atoms with Gasteiger partial charge in [-0.15, -0.1) is 0 Å². The lowest BCUT2D eigenvalue weighted by Crippen LogP contribution is -2.38. The van der Waals surface area contributed by atoms with Crippen molar-refractivity contribution in [3.8, 4) is 0 Å². The Morgan fingerprint density at radius 3 is 2.88 bits per heavy atom. The molecule has 0 aliphatic carbocycles. The maximum atomic E-state index is 5.36. The van der Waals surface area contributed by atoms with Gasteiger partial charge in [0, 0.05) is 38.2 Å². The molecule has 1 saturated heterocycles. The molecule has 8 heteroatoms. The van der Waals surface area contributed by atoms with Gasteiger partial charge in [0.2, 0.25) is 0 Å². The summed E-state index contributed by atoms with van der Waals surface area (Å²) in [4.78, 5) is 15.3. The first-order valence-corrected chi connectivity index (χ1v) is 8.04. The van der Waals surface area contributed by atoms with Crippen LogP contribution in [0.1, 0.15) is 0 Å². The van der Waals surface area contributed by atoms with Gasteiger partial charge in [-0.25, -0.2) is 9.97 Å². The minimum Gasteiger partial charge on any atom is -0.379 e. The van der Waals surface area contributed by atoms with Crippen LogP contribution in [0.25, 0.3) is 11.2 Å². The third kappa shape index (κ3) is 3.50. The second kappa shape index (κ2) is 6.90. The fraction of sp³-hybridized carbons (Fsp3) is 0.375. The Morgan fingerprint density at radius 2 is 1.96 bits per heavy atom. The highest BCUT2D eigenvalue weighted by Gasteiger charge is 2.10. The van der Waals surface area contributed by atoms with Crippen LogP contribution in [0, 0.1) is 0 Å². The molecule has 0 spiro atoms. The van der Waals surface area contributed by atoms with Gasteiger partial charge in [0.1, 0.15) is 11.3 Å². The largest absolute Gasteiger partial charge is 0.379 e. The zero-order chi connectivity index (χ0) is 16.2. The third-order valence-electron chi connectivity index (χ3n) is 3.99. The highest BCUT2D eigenvalue weighted by molar-refractivity contribution is 5.72. The van der Waals surface area contributed by atoms with Crippen molar-refractivity contribution in [2.24, 2.45) is 0 Å². The van der Waals surface area contributed by atoms with Crippen LogP contribution in [0.2, 0.25) is 0 Å². The molecule has 0 aromatic carbocycles. The normalized spacial score (nSPS) is 15.7. The lowest BCUT2D eigenvalue weighted by atomic mass is 10.4. The lowest BCUT2D eigenvalue weighted by Gasteiger charge is -2.26. The van der Waals surface area contributed by atoms with Crippen molar-refractivity contribution in [2.75, 3.05) is 38.2 Å². The van der Waals surface area contributed by atoms with Crippen LogP contribution in [0.15, 0.2) is 36.9 Å². The van der Waals surface area contributed by atoms with E-state index in [0.717, 1.165) is 56.4 Å². The van der Waals surface area contributed by atoms with Crippen molar-refractivity contribution >= 4 is 22.7 Å². The molecule has 124 valence electrons. The topological polar surface area (TPSA) is 81.0 Å². The number of hydrogen-bond acceptors (Lipinski definition) is 7. The predicted octanol–water partition coefficient (Wildman–Crippen LogP) is 1.30. The molecular weight excluding hydrogens is 306 g/mol. The number of nitrogens with one attached hydrogen (secondary N) is 1. The van der Waals surface area contributed by atoms with Gasteiger partial charge in [-0.05, 0) is 12.1 Å². The molecule has 0 atom stereocenters. The summed E-state index contributed by atoms with van der Waals surface area (Å²) >= 11 is 0. The van der Waals surface area contributed by atoms with E-state index in [-0.39, 0.29) is 0 Å². The summed E-state index contributed by atoms with van der Waals surface area (Å²) in [6.45, 7) is 5.47. The molecular formula is C16H19N7O. The number of morpholine rings is 1. The van der Waals surface area contributed by atoms with Crippen LogP contribution in [0.4, 0.5) is 11.5 Å². The predicted molar refractivity (Wildman–Crippen MR) is 90.1 cm³/mol. The number of rotatable bonds is 5. The van der Waals surface area contributed by atoms with Crippen LogP contribution in [-0.4, -0.2) is 62.5 Å². The Kier molecular flexibility index (Phi) is 4.30. The van der Waals surface area contributed by atoms with Crippen molar-refractivity contribution in [2.45, 2.75) is 6.54 Å². The van der Waals surface area contributed by atoms with Crippen LogP contribution >= 0.6 is 0 Å². The minimum absolute atomic E-state index is 0.627. The van der Waals surface area contributed by atoms with Gasteiger partial charge in [-0.2, -0.15) is 5.10 Å². The van der Waals surface area contributed by atoms with Crippen LogP contribution in [-0.2, 0) is 11.3 Å². The fourth-order valence-electron chi connectivity index (χ4n) is 2.69. The van der Waals surface area contributed by atoms with Crippen LogP contribution in [0.3, 0.4) is 0 Å². The van der Waals surface area contributed by atoms with Crippen molar-refractivity contribution in [1.82, 2.24) is 29.6 Å². The van der Waals surface area contributed by atoms with E-state index in [0.29, 0.717) is 5.65 Å². The second-order valence-corrected chi connectivity index (χ2v) is 5.67. The molecule has 3 aromatic heterocycles. The number of ether oxygens (including phenoxy) is 1. The average molecular weight is 325 g/mol. The summed E-state index contributed by atoms with van der Waals surface area (Å²) in [6.07, 6.45) is 7.10. The van der Waals surface area contributed by atoms with Gasteiger partial charge in [0.05, 0.1) is 31.6 Å². The van der Waals surface area contributed by atoms with E-state index < -0.39 is 0 Å². The van der Waals surface area contributed by atoms with E-state index in [2.05, 4.69) is 30.3 Å². The van der Waals surface area contributed by atoms with E-state index in [9.17, 15) is 0 Å². The summed E-state index contributed by atoms with van der Waals surface area (Å²) in [7, 11) is 0. The molecule has 24 heavy (non-hydrogen) atoms. The Bertz CT molecular complexity index is 813. The molecule has 4 rings (SSSR count). The molecule has 1 N–H and O–H groups in total. The lowest BCUT2D eigenvalue weighted by molar-refractivity contribution is 0.0360. The zero-order valence-corrected chi connectivity index (χ0v) is 13.3. The van der Waals surface area contributed by atoms with Crippen molar-refractivity contribution < 1.29 is 4.74 Å². The van der Waals surface area contributed by atoms with Crippen molar-refractivity contribution in [1.29, 1.82) is 0 Å². The maximum Gasteiger partial charge on any atom is 0.180 e. The third-order valence-corrected chi connectivity index (χ3v) is 3.99. The quantitative estimate of drug-likeness (QED) is 0.757. The molecule has 0 amide bonds. The van der Waals surface area contributed by atoms with Crippen molar-refractivity contribution in [3.05, 3.63) is 36.9 Å². The molecule has 0 saturated carbocycles. The Morgan fingerprint density at radius 1 is 1.08 bits per heavy atom. The summed E-state index contributed by atoms with van der Waals surface area (Å²) in [6, 6.07) is 3.79. The smallest absolute Gasteiger partial charge is 0.180 e. The molecule has 1 aliphatic heterocycles. The molecule has 0 unspecified atom stereocenters. The summed E-state index contributed by atoms with van der Waals surface area (Å²) in [5.74, 6) is 0.732. The number of fused-ring (bicyclic) bond motifs is 1. The van der Waals surface area contributed by atoms with Gasteiger partial charge in [0.25, 0.3) is 0 Å². The summed E-state index contributed by atoms with van der Waals surface area (Å²) < 4.78 is 7.31. The Hall–Kier alpha value is -2.58. The molecule has 1 aliphatic rings. The van der Waals surface area contributed by atoms with Gasteiger partial charge in [-0.1, -0.05) is 0 Å². The molecule has 0 radical (unpaired) electrons. The number of aromatic nitrogens is 5. The fourth-order valence-corrected chi connectivity index (χ4v) is 2.69. The number of nitrogens with zero attached hydrogens (tertiary/aromatic N) is 6. The van der Waals surface area contributed by atoms with E-state index >= 15 is 0 Å². The van der Waals surface area contributed by atoms with Gasteiger partial charge < -0.3 is 10.1 Å². The first-order valence-electron chi connectivity index (χ1n) is 8.04. The maximum absolute atomic E-state index is 5.36. The zero-order valence-electron chi connectivity index (χ0n) is 13.3. The van der Waals surface area contributed by atoms with Crippen LogP contribution < -0.4 is 5.32 Å². The average Bonchev–Trinajstić information content (AvgIpc) is 3.08. The van der Waals surface area contributed by atoms with Gasteiger partial charge in [0.15, 0.2) is 5.65 Å². The first kappa shape index (κ1) is 15.0. The minimum atomic E-state index is 0.627. The second-order valence-electron chi connectivity index (χ2n) is 5.67. The number of pyridine rings is 1. The molecule has 8 nitrogen and oxygen atoms in total. The Balaban J connectivity index is 1.38. The van der Waals surface area contributed by atoms with E-state index in [1.54, 1.807) is 12.4 Å². The number of anilines is 2. The van der Waals surface area contributed by atoms with E-state index in [4.69, 9.17) is 4.74 Å². The highest BCUT2D eigenvalue weighted by atomic mass is 16.5. The molecule has 3 aromatic rings. The number of hydrogen-bond donors (Lipinski definition) is 1. The SMILES string of the molecule is c1cnc2nc(Nc3cnn(CCN4CCOCC4)c3)ccc2n1. The summed E-state index contributed by atoms with van der Waals surface area (Å²) in [5, 5.41) is 7.66. The first-order chi connectivity index (χ1) is 11.9. The van der Waals surface area contributed by atoms with Crippen LogP contribution in [0.5, 0.6) is 0 Å². The standard InChI is InChI=1S/C16H19N7O/c1-2-15(21-16-14(1)17-3-4-18-16)20-13-11-19-23(12-13)6-5-22-7-9-24-10-8-22/h1-4,11-12H,5-10H2,(H,18,20,21). The Labute approximate surface area is 139 Å². The molecule has 4 heterocycles.